The lowest BCUT2D eigenvalue weighted by Gasteiger charge is -2.34. The van der Waals surface area contributed by atoms with Crippen LogP contribution in [-0.4, -0.2) is 23.6 Å². The van der Waals surface area contributed by atoms with Crippen molar-refractivity contribution >= 4 is 34.9 Å². The van der Waals surface area contributed by atoms with Crippen molar-refractivity contribution in [1.82, 2.24) is 0 Å². The van der Waals surface area contributed by atoms with E-state index in [1.165, 1.54) is 17.0 Å². The van der Waals surface area contributed by atoms with Crippen LogP contribution < -0.4 is 10.2 Å². The molecule has 0 saturated heterocycles. The molecule has 2 aliphatic heterocycles. The molecule has 5 rings (SSSR count). The average Bonchev–Trinajstić information content (AvgIpc) is 3.06. The molecule has 1 atom stereocenters. The number of anilines is 2. The molecular formula is C31H29FN2O5. The largest absolute Gasteiger partial charge is 0.444 e. The Morgan fingerprint density at radius 2 is 1.74 bits per heavy atom. The normalized spacial score (nSPS) is 18.7. The third-order valence-corrected chi connectivity index (χ3v) is 6.70. The summed E-state index contributed by atoms with van der Waals surface area (Å²) in [6, 6.07) is 20.3. The van der Waals surface area contributed by atoms with Gasteiger partial charge in [-0.05, 0) is 57.5 Å². The van der Waals surface area contributed by atoms with E-state index in [0.29, 0.717) is 28.1 Å². The number of para-hydroxylation sites is 1. The summed E-state index contributed by atoms with van der Waals surface area (Å²) in [6.45, 7) is 7.25. The van der Waals surface area contributed by atoms with Gasteiger partial charge in [-0.2, -0.15) is 0 Å². The van der Waals surface area contributed by atoms with Gasteiger partial charge in [0.2, 0.25) is 5.60 Å². The van der Waals surface area contributed by atoms with Crippen molar-refractivity contribution in [3.63, 3.8) is 0 Å². The zero-order chi connectivity index (χ0) is 27.9. The van der Waals surface area contributed by atoms with Crippen LogP contribution >= 0.6 is 0 Å². The topological polar surface area (TPSA) is 84.9 Å². The molecule has 8 heteroatoms. The highest BCUT2D eigenvalue weighted by molar-refractivity contribution is 6.22. The highest BCUT2D eigenvalue weighted by Crippen LogP contribution is 2.51. The van der Waals surface area contributed by atoms with Crippen molar-refractivity contribution in [2.45, 2.75) is 51.9 Å². The van der Waals surface area contributed by atoms with Crippen molar-refractivity contribution in [3.8, 4) is 0 Å². The van der Waals surface area contributed by atoms with Gasteiger partial charge < -0.3 is 14.4 Å². The van der Waals surface area contributed by atoms with Crippen LogP contribution in [0.15, 0.2) is 78.4 Å². The summed E-state index contributed by atoms with van der Waals surface area (Å²) in [5, 5.41) is 2.70. The molecule has 2 heterocycles. The summed E-state index contributed by atoms with van der Waals surface area (Å²) in [5.74, 6) is -1.70. The number of nitrogens with zero attached hydrogens (tertiary/aromatic N) is 1. The lowest BCUT2D eigenvalue weighted by Crippen LogP contribution is -2.46. The third-order valence-electron chi connectivity index (χ3n) is 6.70. The smallest absolute Gasteiger partial charge is 0.412 e. The number of fused-ring (bicyclic) bond motifs is 2. The average molecular weight is 529 g/mol. The fourth-order valence-corrected chi connectivity index (χ4v) is 5.15. The Labute approximate surface area is 226 Å². The van der Waals surface area contributed by atoms with Gasteiger partial charge in [-0.1, -0.05) is 54.1 Å². The summed E-state index contributed by atoms with van der Waals surface area (Å²) in [4.78, 5) is 41.6. The number of nitrogens with one attached hydrogen (secondary N) is 1. The predicted octanol–water partition coefficient (Wildman–Crippen LogP) is 6.34. The second kappa shape index (κ2) is 9.69. The lowest BCUT2D eigenvalue weighted by molar-refractivity contribution is -0.163. The summed E-state index contributed by atoms with van der Waals surface area (Å²) < 4.78 is 25.8. The first-order valence-electron chi connectivity index (χ1n) is 12.7. The van der Waals surface area contributed by atoms with Gasteiger partial charge in [0.25, 0.3) is 5.91 Å². The molecule has 2 amide bonds. The van der Waals surface area contributed by atoms with Gasteiger partial charge in [0.05, 0.1) is 23.5 Å². The number of carbonyl (C=O) groups is 3. The van der Waals surface area contributed by atoms with E-state index >= 15 is 0 Å². The van der Waals surface area contributed by atoms with Crippen LogP contribution in [0.5, 0.6) is 0 Å². The number of benzene rings is 3. The number of ether oxygens (including phenoxy) is 2. The first-order valence-corrected chi connectivity index (χ1v) is 12.7. The molecule has 0 bridgehead atoms. The van der Waals surface area contributed by atoms with Crippen LogP contribution in [0.4, 0.5) is 20.6 Å². The monoisotopic (exact) mass is 528 g/mol. The first kappa shape index (κ1) is 26.2. The van der Waals surface area contributed by atoms with Crippen molar-refractivity contribution in [1.29, 1.82) is 0 Å². The number of rotatable bonds is 4. The van der Waals surface area contributed by atoms with E-state index in [1.807, 2.05) is 30.3 Å². The van der Waals surface area contributed by atoms with Gasteiger partial charge in [0, 0.05) is 17.5 Å². The molecule has 0 radical (unpaired) electrons. The Morgan fingerprint density at radius 1 is 1.05 bits per heavy atom. The minimum Gasteiger partial charge on any atom is -0.444 e. The molecule has 0 unspecified atom stereocenters. The van der Waals surface area contributed by atoms with E-state index < -0.39 is 35.0 Å². The van der Waals surface area contributed by atoms with Gasteiger partial charge in [0.1, 0.15) is 11.4 Å². The molecular weight excluding hydrogens is 499 g/mol. The van der Waals surface area contributed by atoms with Crippen LogP contribution in [0, 0.1) is 5.82 Å². The highest BCUT2D eigenvalue weighted by Gasteiger charge is 2.57. The molecule has 3 aromatic carbocycles. The molecule has 7 nitrogen and oxygen atoms in total. The van der Waals surface area contributed by atoms with Gasteiger partial charge in [-0.15, -0.1) is 0 Å². The van der Waals surface area contributed by atoms with Gasteiger partial charge in [-0.25, -0.2) is 14.0 Å². The Bertz CT molecular complexity index is 1510. The van der Waals surface area contributed by atoms with Gasteiger partial charge in [-0.3, -0.25) is 10.1 Å². The standard InChI is InChI=1S/C31H29FN2O5/c1-19-17-31(23-16-21(32)14-15-25(23)34(28(31)36)18-20-10-6-5-7-11-20)38-27(35)26(19)22-12-8-9-13-24(22)33-29(37)39-30(2,3)4/h5-16H,17-18H2,1-4H3,(H,33,37)/t31-/m0/s1. The van der Waals surface area contributed by atoms with E-state index in [4.69, 9.17) is 9.47 Å². The third kappa shape index (κ3) is 4.90. The molecule has 1 spiro atoms. The number of amides is 2. The van der Waals surface area contributed by atoms with E-state index in [1.54, 1.807) is 58.0 Å². The number of hydrogen-bond acceptors (Lipinski definition) is 5. The first-order chi connectivity index (χ1) is 18.5. The lowest BCUT2D eigenvalue weighted by atomic mass is 9.82. The molecule has 0 saturated carbocycles. The second-order valence-corrected chi connectivity index (χ2v) is 10.8. The fourth-order valence-electron chi connectivity index (χ4n) is 5.15. The number of halogens is 1. The second-order valence-electron chi connectivity index (χ2n) is 10.8. The SMILES string of the molecule is CC1=C(c2ccccc2NC(=O)OC(C)(C)C)C(=O)O[C@]2(C1)C(=O)N(Cc1ccccc1)c1ccc(F)cc12. The van der Waals surface area contributed by atoms with E-state index in [9.17, 15) is 18.8 Å². The molecule has 0 fully saturated rings. The van der Waals surface area contributed by atoms with Crippen LogP contribution in [-0.2, 0) is 31.2 Å². The fraction of sp³-hybridized carbons (Fsp3) is 0.258. The summed E-state index contributed by atoms with van der Waals surface area (Å²) in [7, 11) is 0. The molecule has 39 heavy (non-hydrogen) atoms. The predicted molar refractivity (Wildman–Crippen MR) is 145 cm³/mol. The van der Waals surface area contributed by atoms with Crippen molar-refractivity contribution in [2.75, 3.05) is 10.2 Å². The van der Waals surface area contributed by atoms with E-state index in [-0.39, 0.29) is 18.5 Å². The Morgan fingerprint density at radius 3 is 2.44 bits per heavy atom. The molecule has 3 aromatic rings. The van der Waals surface area contributed by atoms with Crippen LogP contribution in [0.1, 0.15) is 50.8 Å². The Balaban J connectivity index is 1.53. The maximum absolute atomic E-state index is 14.5. The zero-order valence-electron chi connectivity index (χ0n) is 22.2. The molecule has 1 N–H and O–H groups in total. The Kier molecular flexibility index (Phi) is 6.50. The molecule has 2 aliphatic rings. The van der Waals surface area contributed by atoms with Crippen LogP contribution in [0.3, 0.4) is 0 Å². The quantitative estimate of drug-likeness (QED) is 0.400. The van der Waals surface area contributed by atoms with Gasteiger partial charge in [0.15, 0.2) is 0 Å². The van der Waals surface area contributed by atoms with Crippen molar-refractivity contribution in [3.05, 3.63) is 101 Å². The maximum atomic E-state index is 14.5. The van der Waals surface area contributed by atoms with E-state index in [2.05, 4.69) is 5.32 Å². The van der Waals surface area contributed by atoms with E-state index in [0.717, 1.165) is 5.56 Å². The molecule has 200 valence electrons. The molecule has 0 aliphatic carbocycles. The zero-order valence-corrected chi connectivity index (χ0v) is 22.2. The Hall–Kier alpha value is -4.46. The summed E-state index contributed by atoms with van der Waals surface area (Å²) in [6.07, 6.45) is -0.629. The maximum Gasteiger partial charge on any atom is 0.412 e. The molecule has 0 aromatic heterocycles. The van der Waals surface area contributed by atoms with Crippen molar-refractivity contribution in [2.24, 2.45) is 0 Å². The minimum absolute atomic E-state index is 0.0371. The van der Waals surface area contributed by atoms with Gasteiger partial charge >= 0.3 is 12.1 Å². The van der Waals surface area contributed by atoms with Crippen molar-refractivity contribution < 1.29 is 28.2 Å². The minimum atomic E-state index is -1.69. The van der Waals surface area contributed by atoms with Crippen LogP contribution in [0.25, 0.3) is 5.57 Å². The van der Waals surface area contributed by atoms with Crippen LogP contribution in [0.2, 0.25) is 0 Å². The highest BCUT2D eigenvalue weighted by atomic mass is 19.1. The number of hydrogen-bond donors (Lipinski definition) is 1. The summed E-state index contributed by atoms with van der Waals surface area (Å²) >= 11 is 0. The summed E-state index contributed by atoms with van der Waals surface area (Å²) in [5.41, 5.74) is 0.920. The number of esters is 1. The number of carbonyl (C=O) groups excluding carboxylic acids is 3.